The van der Waals surface area contributed by atoms with Gasteiger partial charge >= 0.3 is 5.97 Å². The summed E-state index contributed by atoms with van der Waals surface area (Å²) in [7, 11) is 0. The Hall–Kier alpha value is -5.13. The minimum atomic E-state index is -1.32. The zero-order valence-corrected chi connectivity index (χ0v) is 21.3. The van der Waals surface area contributed by atoms with Gasteiger partial charge < -0.3 is 46.0 Å². The third-order valence-corrected chi connectivity index (χ3v) is 6.79. The molecule has 0 aliphatic heterocycles. The van der Waals surface area contributed by atoms with Crippen LogP contribution in [0.1, 0.15) is 47.6 Å². The fourth-order valence-electron chi connectivity index (χ4n) is 4.71. The summed E-state index contributed by atoms with van der Waals surface area (Å²) in [6.45, 7) is 0.139. The molecular formula is C28H30N2O10. The number of carboxylic acids is 1. The molecule has 0 bridgehead atoms. The van der Waals surface area contributed by atoms with Crippen molar-refractivity contribution >= 4 is 5.97 Å². The van der Waals surface area contributed by atoms with Crippen molar-refractivity contribution in [2.75, 3.05) is 0 Å². The minimum absolute atomic E-state index is 0.00601. The SMILES string of the molecule is O=C(O)C(CCCCn1c(O)cc(Cc2ccc(O)cc2O)c1O)n1c(O)cc(Cc2ccc(O)cc2O)c1O. The van der Waals surface area contributed by atoms with E-state index in [-0.39, 0.29) is 72.5 Å². The number of hydrogen-bond acceptors (Lipinski definition) is 9. The van der Waals surface area contributed by atoms with Gasteiger partial charge in [-0.1, -0.05) is 12.1 Å². The molecule has 1 unspecified atom stereocenters. The summed E-state index contributed by atoms with van der Waals surface area (Å²) in [5.41, 5.74) is 1.31. The molecule has 12 nitrogen and oxygen atoms in total. The van der Waals surface area contributed by atoms with E-state index in [2.05, 4.69) is 0 Å². The van der Waals surface area contributed by atoms with Crippen LogP contribution in [0.4, 0.5) is 0 Å². The van der Waals surface area contributed by atoms with Crippen molar-refractivity contribution in [2.24, 2.45) is 0 Å². The lowest BCUT2D eigenvalue weighted by Gasteiger charge is -2.17. The van der Waals surface area contributed by atoms with Gasteiger partial charge in [0.2, 0.25) is 0 Å². The summed E-state index contributed by atoms with van der Waals surface area (Å²) in [4.78, 5) is 12.0. The highest BCUT2D eigenvalue weighted by molar-refractivity contribution is 5.73. The molecule has 0 aliphatic rings. The smallest absolute Gasteiger partial charge is 0.326 e. The zero-order valence-electron chi connectivity index (χ0n) is 21.3. The Kier molecular flexibility index (Phi) is 7.89. The zero-order chi connectivity index (χ0) is 29.1. The third-order valence-electron chi connectivity index (χ3n) is 6.79. The van der Waals surface area contributed by atoms with Crippen molar-refractivity contribution in [3.63, 3.8) is 0 Å². The maximum Gasteiger partial charge on any atom is 0.326 e. The Morgan fingerprint density at radius 2 is 1.18 bits per heavy atom. The second kappa shape index (κ2) is 11.3. The molecule has 0 aliphatic carbocycles. The van der Waals surface area contributed by atoms with Gasteiger partial charge in [-0.2, -0.15) is 0 Å². The topological polar surface area (TPSA) is 209 Å². The number of unbranched alkanes of at least 4 members (excludes halogenated alkanes) is 1. The molecule has 2 heterocycles. The molecule has 9 N–H and O–H groups in total. The lowest BCUT2D eigenvalue weighted by atomic mass is 10.1. The molecule has 4 aromatic rings. The van der Waals surface area contributed by atoms with Gasteiger partial charge in [-0.15, -0.1) is 0 Å². The average Bonchev–Trinajstić information content (AvgIpc) is 3.30. The average molecular weight is 555 g/mol. The van der Waals surface area contributed by atoms with E-state index >= 15 is 0 Å². The molecule has 0 spiro atoms. The number of phenolic OH excluding ortho intramolecular Hbond substituents is 4. The van der Waals surface area contributed by atoms with Gasteiger partial charge in [0.25, 0.3) is 0 Å². The second-order valence-electron chi connectivity index (χ2n) is 9.55. The van der Waals surface area contributed by atoms with Crippen molar-refractivity contribution in [3.8, 4) is 46.5 Å². The maximum absolute atomic E-state index is 12.0. The van der Waals surface area contributed by atoms with Crippen LogP contribution in [-0.4, -0.2) is 61.1 Å². The molecule has 0 radical (unpaired) electrons. The van der Waals surface area contributed by atoms with Crippen molar-refractivity contribution in [1.82, 2.24) is 9.13 Å². The van der Waals surface area contributed by atoms with E-state index in [1.54, 1.807) is 0 Å². The van der Waals surface area contributed by atoms with E-state index in [1.807, 2.05) is 0 Å². The van der Waals surface area contributed by atoms with Crippen LogP contribution in [0.2, 0.25) is 0 Å². The number of carbonyl (C=O) groups is 1. The largest absolute Gasteiger partial charge is 0.508 e. The quantitative estimate of drug-likeness (QED) is 0.123. The molecular weight excluding hydrogens is 524 g/mol. The highest BCUT2D eigenvalue weighted by Gasteiger charge is 2.27. The first kappa shape index (κ1) is 27.9. The van der Waals surface area contributed by atoms with Crippen LogP contribution in [0.5, 0.6) is 46.5 Å². The van der Waals surface area contributed by atoms with Crippen LogP contribution in [-0.2, 0) is 24.2 Å². The highest BCUT2D eigenvalue weighted by Crippen LogP contribution is 2.37. The minimum Gasteiger partial charge on any atom is -0.508 e. The number of aromatic hydroxyl groups is 8. The first-order valence-electron chi connectivity index (χ1n) is 12.4. The predicted octanol–water partition coefficient (Wildman–Crippen LogP) is 3.61. The lowest BCUT2D eigenvalue weighted by Crippen LogP contribution is -2.18. The Morgan fingerprint density at radius 3 is 1.70 bits per heavy atom. The van der Waals surface area contributed by atoms with E-state index in [9.17, 15) is 50.8 Å². The standard InChI is InChI=1S/C28H30N2O10/c31-19-6-4-15(22(33)13-19)9-17-11-24(35)29(26(17)37)8-2-1-3-21(28(39)40)30-25(36)12-18(27(30)38)10-16-5-7-20(32)14-23(16)34/h4-7,11-14,21,31-38H,1-3,8-10H2,(H,39,40). The number of carboxylic acid groups (broad SMARTS) is 1. The third kappa shape index (κ3) is 5.80. The summed E-state index contributed by atoms with van der Waals surface area (Å²) < 4.78 is 2.14. The van der Waals surface area contributed by atoms with Gasteiger partial charge in [0.05, 0.1) is 0 Å². The van der Waals surface area contributed by atoms with Crippen LogP contribution in [0.3, 0.4) is 0 Å². The van der Waals surface area contributed by atoms with Crippen LogP contribution in [0, 0.1) is 0 Å². The number of phenols is 4. The highest BCUT2D eigenvalue weighted by atomic mass is 16.4. The number of hydrogen-bond donors (Lipinski definition) is 9. The molecule has 12 heteroatoms. The van der Waals surface area contributed by atoms with E-state index < -0.39 is 23.8 Å². The van der Waals surface area contributed by atoms with Gasteiger partial charge in [-0.05, 0) is 42.5 Å². The summed E-state index contributed by atoms with van der Waals surface area (Å²) in [5.74, 6) is -3.31. The van der Waals surface area contributed by atoms with E-state index in [0.717, 1.165) is 10.6 Å². The summed E-state index contributed by atoms with van der Waals surface area (Å²) >= 11 is 0. The first-order valence-corrected chi connectivity index (χ1v) is 12.4. The summed E-state index contributed by atoms with van der Waals surface area (Å²) in [6.07, 6.45) is 0.692. The van der Waals surface area contributed by atoms with Gasteiger partial charge in [0.1, 0.15) is 29.0 Å². The predicted molar refractivity (Wildman–Crippen MR) is 141 cm³/mol. The van der Waals surface area contributed by atoms with Crippen molar-refractivity contribution in [1.29, 1.82) is 0 Å². The Balaban J connectivity index is 1.42. The normalized spacial score (nSPS) is 12.0. The number of aromatic nitrogens is 2. The van der Waals surface area contributed by atoms with E-state index in [4.69, 9.17) is 0 Å². The molecule has 0 amide bonds. The lowest BCUT2D eigenvalue weighted by molar-refractivity contribution is -0.141. The molecule has 4 rings (SSSR count). The Labute approximate surface area is 228 Å². The fourth-order valence-corrected chi connectivity index (χ4v) is 4.71. The van der Waals surface area contributed by atoms with Gasteiger partial charge in [0.15, 0.2) is 23.5 Å². The van der Waals surface area contributed by atoms with Crippen LogP contribution >= 0.6 is 0 Å². The monoisotopic (exact) mass is 554 g/mol. The number of aliphatic carboxylic acids is 1. The molecule has 212 valence electrons. The molecule has 0 fully saturated rings. The molecule has 40 heavy (non-hydrogen) atoms. The van der Waals surface area contributed by atoms with Crippen LogP contribution in [0.25, 0.3) is 0 Å². The molecule has 1 atom stereocenters. The molecule has 0 saturated heterocycles. The summed E-state index contributed by atoms with van der Waals surface area (Å²) in [6, 6.07) is 9.22. The maximum atomic E-state index is 12.0. The van der Waals surface area contributed by atoms with E-state index in [1.165, 1.54) is 47.0 Å². The van der Waals surface area contributed by atoms with Gasteiger partial charge in [0, 0.05) is 54.8 Å². The first-order chi connectivity index (χ1) is 19.0. The number of rotatable bonds is 11. The number of nitrogens with zero attached hydrogens (tertiary/aromatic N) is 2. The van der Waals surface area contributed by atoms with Gasteiger partial charge in [-0.25, -0.2) is 4.79 Å². The fraction of sp³-hybridized carbons (Fsp3) is 0.250. The molecule has 0 saturated carbocycles. The Morgan fingerprint density at radius 1 is 0.650 bits per heavy atom. The molecule has 2 aromatic heterocycles. The number of benzene rings is 2. The van der Waals surface area contributed by atoms with Crippen molar-refractivity contribution in [3.05, 3.63) is 70.8 Å². The summed E-state index contributed by atoms with van der Waals surface area (Å²) in [5, 5.41) is 90.8. The van der Waals surface area contributed by atoms with E-state index in [0.29, 0.717) is 23.1 Å². The van der Waals surface area contributed by atoms with Crippen LogP contribution < -0.4 is 0 Å². The Bertz CT molecular complexity index is 1540. The van der Waals surface area contributed by atoms with Crippen molar-refractivity contribution < 1.29 is 50.8 Å². The van der Waals surface area contributed by atoms with Gasteiger partial charge in [-0.3, -0.25) is 9.13 Å². The second-order valence-corrected chi connectivity index (χ2v) is 9.55. The molecule has 2 aromatic carbocycles. The van der Waals surface area contributed by atoms with Crippen molar-refractivity contribution in [2.45, 2.75) is 44.7 Å². The van der Waals surface area contributed by atoms with Crippen LogP contribution in [0.15, 0.2) is 48.5 Å².